The Hall–Kier alpha value is -2.29. The lowest BCUT2D eigenvalue weighted by Gasteiger charge is -2.48. The maximum Gasteiger partial charge on any atom is 0.351 e. The highest BCUT2D eigenvalue weighted by molar-refractivity contribution is 6.08. The Balaban J connectivity index is 1.88. The summed E-state index contributed by atoms with van der Waals surface area (Å²) in [5.74, 6) is -6.16. The molecule has 13 heteroatoms. The molecular weight excluding hydrogens is 639 g/mol. The Bertz CT molecular complexity index is 1310. The molecule has 278 valence electrons. The van der Waals surface area contributed by atoms with Gasteiger partial charge >= 0.3 is 11.9 Å². The number of Topliss-reactive ketones (excluding diaryl/α,β-unsaturated/α-hetero) is 2. The highest BCUT2D eigenvalue weighted by Gasteiger charge is 2.71. The topological polar surface area (TPSA) is 141 Å². The number of ketones is 2. The number of esters is 2. The van der Waals surface area contributed by atoms with Crippen LogP contribution < -0.4 is 0 Å². The molecule has 4 aliphatic heterocycles. The van der Waals surface area contributed by atoms with Crippen LogP contribution in [0.15, 0.2) is 12.7 Å². The van der Waals surface area contributed by atoms with Gasteiger partial charge in [0.05, 0.1) is 17.8 Å². The molecule has 4 saturated heterocycles. The summed E-state index contributed by atoms with van der Waals surface area (Å²) in [6.07, 6.45) is -2.86. The summed E-state index contributed by atoms with van der Waals surface area (Å²) in [6, 6.07) is -1.19. The fourth-order valence-corrected chi connectivity index (χ4v) is 9.27. The average molecular weight is 697 g/mol. The van der Waals surface area contributed by atoms with Gasteiger partial charge in [-0.15, -0.1) is 6.58 Å². The molecule has 0 radical (unpaired) electrons. The van der Waals surface area contributed by atoms with E-state index < -0.39 is 88.4 Å². The van der Waals surface area contributed by atoms with Crippen molar-refractivity contribution in [2.45, 2.75) is 134 Å². The number of alkyl halides is 1. The molecule has 0 bridgehead atoms. The quantitative estimate of drug-likeness (QED) is 0.238. The number of likely N-dealkylation sites (N-methyl/N-ethyl adjacent to an activating group) is 1. The van der Waals surface area contributed by atoms with Gasteiger partial charge in [0.25, 0.3) is 5.67 Å². The fraction of sp³-hybridized carbons (Fsp3) is 0.833. The maximum absolute atomic E-state index is 16.7. The minimum Gasteiger partial charge on any atom is -0.455 e. The van der Waals surface area contributed by atoms with Gasteiger partial charge in [-0.3, -0.25) is 19.3 Å². The molecule has 0 saturated carbocycles. The van der Waals surface area contributed by atoms with Crippen LogP contribution in [0.1, 0.15) is 74.7 Å². The first kappa shape index (κ1) is 39.5. The minimum absolute atomic E-state index is 0.0186. The molecule has 1 N–H and O–H groups in total. The standard InChI is InChI=1S/C36H57FN2O10/c1-13-15-39-18-33(6)26-24(39)30(43)49-36(26,9)23(14-2)47-32(44)35(8,37)28(42)21(5)29(34(7,45-12)17-19(3)27(33)41)48-31-25(40)22(38(10)11)16-20(4)46-31/h13,19-26,29,31,40H,1,14-18H2,2-12H3/t19-,20-,21+,22+,23-,24-,25-,26-,29-,31+,33-,34+,35-,36-/m1/s1. The summed E-state index contributed by atoms with van der Waals surface area (Å²) < 4.78 is 47.1. The van der Waals surface area contributed by atoms with Crippen molar-refractivity contribution >= 4 is 23.5 Å². The second-order valence-corrected chi connectivity index (χ2v) is 15.7. The van der Waals surface area contributed by atoms with Crippen molar-refractivity contribution in [3.05, 3.63) is 12.7 Å². The largest absolute Gasteiger partial charge is 0.455 e. The lowest BCUT2D eigenvalue weighted by atomic mass is 9.62. The van der Waals surface area contributed by atoms with Crippen molar-refractivity contribution in [1.82, 2.24) is 9.80 Å². The first-order valence-corrected chi connectivity index (χ1v) is 17.4. The number of cyclic esters (lactones) is 1. The Labute approximate surface area is 289 Å². The molecule has 0 aliphatic carbocycles. The molecule has 4 fully saturated rings. The summed E-state index contributed by atoms with van der Waals surface area (Å²) in [7, 11) is 5.06. The Morgan fingerprint density at radius 2 is 1.73 bits per heavy atom. The maximum atomic E-state index is 16.7. The second kappa shape index (κ2) is 14.0. The highest BCUT2D eigenvalue weighted by Crippen LogP contribution is 2.56. The van der Waals surface area contributed by atoms with Crippen LogP contribution in [-0.4, -0.2) is 132 Å². The van der Waals surface area contributed by atoms with Crippen LogP contribution in [-0.2, 0) is 42.9 Å². The molecule has 0 aromatic carbocycles. The van der Waals surface area contributed by atoms with Gasteiger partial charge in [-0.1, -0.05) is 33.8 Å². The van der Waals surface area contributed by atoms with Crippen LogP contribution >= 0.6 is 0 Å². The number of aliphatic hydroxyl groups is 1. The van der Waals surface area contributed by atoms with Crippen LogP contribution in [0.4, 0.5) is 4.39 Å². The number of carbonyl (C=O) groups excluding carboxylic acids is 4. The van der Waals surface area contributed by atoms with Crippen LogP contribution in [0.2, 0.25) is 0 Å². The first-order chi connectivity index (χ1) is 22.6. The normalized spacial score (nSPS) is 47.1. The number of ether oxygens (including phenoxy) is 5. The second-order valence-electron chi connectivity index (χ2n) is 15.7. The number of carbonyl (C=O) groups is 4. The molecule has 4 aliphatic rings. The molecule has 12 nitrogen and oxygen atoms in total. The molecule has 4 rings (SSSR count). The van der Waals surface area contributed by atoms with E-state index in [4.69, 9.17) is 23.7 Å². The Kier molecular flexibility index (Phi) is 11.3. The smallest absolute Gasteiger partial charge is 0.351 e. The third kappa shape index (κ3) is 6.64. The van der Waals surface area contributed by atoms with Gasteiger partial charge in [0.15, 0.2) is 17.7 Å². The lowest BCUT2D eigenvalue weighted by Crippen LogP contribution is -2.61. The van der Waals surface area contributed by atoms with Gasteiger partial charge in [-0.2, -0.15) is 0 Å². The number of aliphatic hydroxyl groups excluding tert-OH is 1. The van der Waals surface area contributed by atoms with Gasteiger partial charge < -0.3 is 33.7 Å². The van der Waals surface area contributed by atoms with Gasteiger partial charge in [0, 0.05) is 49.4 Å². The van der Waals surface area contributed by atoms with E-state index in [0.29, 0.717) is 13.0 Å². The lowest BCUT2D eigenvalue weighted by molar-refractivity contribution is -0.295. The van der Waals surface area contributed by atoms with Gasteiger partial charge in [-0.25, -0.2) is 9.18 Å². The molecule has 14 atom stereocenters. The van der Waals surface area contributed by atoms with E-state index in [9.17, 15) is 24.3 Å². The van der Waals surface area contributed by atoms with E-state index in [2.05, 4.69) is 6.58 Å². The fourth-order valence-electron chi connectivity index (χ4n) is 9.27. The molecule has 0 spiro atoms. The number of methoxy groups -OCH3 is 1. The predicted octanol–water partition coefficient (Wildman–Crippen LogP) is 2.88. The Morgan fingerprint density at radius 1 is 1.10 bits per heavy atom. The third-order valence-corrected chi connectivity index (χ3v) is 11.8. The summed E-state index contributed by atoms with van der Waals surface area (Å²) in [4.78, 5) is 60.0. The number of halogens is 1. The zero-order chi connectivity index (χ0) is 37.0. The van der Waals surface area contributed by atoms with Crippen LogP contribution in [0.5, 0.6) is 0 Å². The zero-order valence-electron chi connectivity index (χ0n) is 31.0. The number of likely N-dealkylation sites (tertiary alicyclic amines) is 1. The van der Waals surface area contributed by atoms with Gasteiger partial charge in [0.1, 0.15) is 24.0 Å². The van der Waals surface area contributed by atoms with E-state index in [1.807, 2.05) is 30.8 Å². The van der Waals surface area contributed by atoms with Crippen molar-refractivity contribution in [2.75, 3.05) is 34.3 Å². The molecule has 0 unspecified atom stereocenters. The molecule has 0 amide bonds. The van der Waals surface area contributed by atoms with E-state index in [1.165, 1.54) is 14.0 Å². The number of hydrogen-bond acceptors (Lipinski definition) is 12. The van der Waals surface area contributed by atoms with Crippen molar-refractivity contribution in [1.29, 1.82) is 0 Å². The number of hydrogen-bond donors (Lipinski definition) is 1. The molecule has 49 heavy (non-hydrogen) atoms. The van der Waals surface area contributed by atoms with E-state index >= 15 is 4.39 Å². The molecule has 4 heterocycles. The van der Waals surface area contributed by atoms with E-state index in [0.717, 1.165) is 6.92 Å². The van der Waals surface area contributed by atoms with Gasteiger partial charge in [0.2, 0.25) is 0 Å². The highest BCUT2D eigenvalue weighted by atomic mass is 19.1. The van der Waals surface area contributed by atoms with Crippen LogP contribution in [0.25, 0.3) is 0 Å². The molecule has 0 aromatic heterocycles. The first-order valence-electron chi connectivity index (χ1n) is 17.4. The minimum atomic E-state index is -3.15. The summed E-state index contributed by atoms with van der Waals surface area (Å²) in [5, 5.41) is 11.4. The number of rotatable bonds is 7. The van der Waals surface area contributed by atoms with E-state index in [1.54, 1.807) is 40.7 Å². The van der Waals surface area contributed by atoms with Crippen LogP contribution in [0, 0.1) is 23.2 Å². The summed E-state index contributed by atoms with van der Waals surface area (Å²) >= 11 is 0. The zero-order valence-corrected chi connectivity index (χ0v) is 31.0. The van der Waals surface area contributed by atoms with Crippen molar-refractivity contribution in [3.8, 4) is 0 Å². The monoisotopic (exact) mass is 696 g/mol. The third-order valence-electron chi connectivity index (χ3n) is 11.8. The average Bonchev–Trinajstić information content (AvgIpc) is 3.50. The Morgan fingerprint density at radius 3 is 2.29 bits per heavy atom. The summed E-state index contributed by atoms with van der Waals surface area (Å²) in [5.41, 5.74) is -7.27. The van der Waals surface area contributed by atoms with E-state index in [-0.39, 0.29) is 37.3 Å². The van der Waals surface area contributed by atoms with Crippen molar-refractivity contribution < 1.29 is 52.4 Å². The van der Waals surface area contributed by atoms with Crippen LogP contribution in [0.3, 0.4) is 0 Å². The van der Waals surface area contributed by atoms with Crippen molar-refractivity contribution in [2.24, 2.45) is 23.2 Å². The number of nitrogens with zero attached hydrogens (tertiary/aromatic N) is 2. The SMILES string of the molecule is C=CCN1C[C@@]2(C)C(=O)[C@H](C)C[C@](C)(OC)[C@H](O[C@@H]3O[C@H](C)C[C@H](N(C)C)[C@H]3O)[C@@H](C)C(=O)[C@@](C)(F)C(=O)O[C@H](CC)[C@@]3(C)OC(=O)[C@H]1[C@@H]32. The summed E-state index contributed by atoms with van der Waals surface area (Å²) in [6.45, 7) is 17.0. The van der Waals surface area contributed by atoms with Crippen molar-refractivity contribution in [3.63, 3.8) is 0 Å². The molecular formula is C36H57FN2O10. The molecule has 0 aromatic rings. The van der Waals surface area contributed by atoms with Gasteiger partial charge in [-0.05, 0) is 61.1 Å². The predicted molar refractivity (Wildman–Crippen MR) is 177 cm³/mol.